The van der Waals surface area contributed by atoms with E-state index < -0.39 is 48.3 Å². The molecule has 0 radical (unpaired) electrons. The number of allylic oxidation sites excluding steroid dienone is 1. The summed E-state index contributed by atoms with van der Waals surface area (Å²) in [5, 5.41) is 0. The molecule has 0 aliphatic heterocycles. The first-order valence-electron chi connectivity index (χ1n) is 7.69. The molecule has 0 N–H and O–H groups in total. The molecular weight excluding hydrogens is 318 g/mol. The van der Waals surface area contributed by atoms with Crippen LogP contribution in [0, 0.1) is 17.3 Å². The Bertz CT molecular complexity index is 625. The van der Waals surface area contributed by atoms with Crippen molar-refractivity contribution in [3.05, 3.63) is 47.8 Å². The SMILES string of the molecule is CC1(C)[C@H](C(=O)OCc2ccccc2)[C@@H]1C=C(F)C(=O)OCCF. The number of carbonyl (C=O) groups is 2. The Hall–Kier alpha value is -2.24. The third-order valence-electron chi connectivity index (χ3n) is 4.22. The lowest BCUT2D eigenvalue weighted by molar-refractivity contribution is -0.147. The van der Waals surface area contributed by atoms with Crippen LogP contribution in [-0.2, 0) is 25.7 Å². The molecule has 130 valence electrons. The van der Waals surface area contributed by atoms with Gasteiger partial charge in [-0.15, -0.1) is 0 Å². The van der Waals surface area contributed by atoms with E-state index in [2.05, 4.69) is 4.74 Å². The van der Waals surface area contributed by atoms with E-state index in [9.17, 15) is 18.4 Å². The fraction of sp³-hybridized carbons (Fsp3) is 0.444. The molecule has 1 aromatic carbocycles. The van der Waals surface area contributed by atoms with Crippen LogP contribution in [0.2, 0.25) is 0 Å². The minimum absolute atomic E-state index is 0.143. The van der Waals surface area contributed by atoms with Gasteiger partial charge in [0.1, 0.15) is 19.9 Å². The topological polar surface area (TPSA) is 52.6 Å². The van der Waals surface area contributed by atoms with Crippen LogP contribution in [0.4, 0.5) is 8.78 Å². The zero-order valence-electron chi connectivity index (χ0n) is 13.6. The van der Waals surface area contributed by atoms with Gasteiger partial charge in [0.25, 0.3) is 0 Å². The molecule has 2 atom stereocenters. The lowest BCUT2D eigenvalue weighted by Gasteiger charge is -2.05. The summed E-state index contributed by atoms with van der Waals surface area (Å²) in [5.41, 5.74) is 0.350. The molecule has 0 heterocycles. The maximum atomic E-state index is 13.8. The van der Waals surface area contributed by atoms with Crippen molar-refractivity contribution in [2.24, 2.45) is 17.3 Å². The normalized spacial score (nSPS) is 21.9. The molecule has 1 aliphatic rings. The molecule has 6 heteroatoms. The molecule has 1 fully saturated rings. The Morgan fingerprint density at radius 1 is 1.21 bits per heavy atom. The smallest absolute Gasteiger partial charge is 0.366 e. The van der Waals surface area contributed by atoms with Gasteiger partial charge in [-0.1, -0.05) is 44.2 Å². The second-order valence-corrected chi connectivity index (χ2v) is 6.26. The van der Waals surface area contributed by atoms with Crippen molar-refractivity contribution in [2.75, 3.05) is 13.3 Å². The average Bonchev–Trinajstić information content (AvgIpc) is 3.11. The summed E-state index contributed by atoms with van der Waals surface area (Å²) < 4.78 is 35.3. The van der Waals surface area contributed by atoms with Crippen LogP contribution in [0.5, 0.6) is 0 Å². The first kappa shape index (κ1) is 18.1. The van der Waals surface area contributed by atoms with Crippen LogP contribution in [0.25, 0.3) is 0 Å². The quantitative estimate of drug-likeness (QED) is 0.565. The van der Waals surface area contributed by atoms with Gasteiger partial charge in [0.2, 0.25) is 5.83 Å². The molecule has 1 saturated carbocycles. The van der Waals surface area contributed by atoms with Crippen LogP contribution in [0.1, 0.15) is 19.4 Å². The predicted molar refractivity (Wildman–Crippen MR) is 83.1 cm³/mol. The molecule has 1 aromatic rings. The van der Waals surface area contributed by atoms with E-state index in [1.54, 1.807) is 13.8 Å². The van der Waals surface area contributed by atoms with Gasteiger partial charge in [-0.2, -0.15) is 4.39 Å². The zero-order valence-corrected chi connectivity index (χ0v) is 13.6. The third kappa shape index (κ3) is 4.19. The fourth-order valence-electron chi connectivity index (χ4n) is 2.68. The van der Waals surface area contributed by atoms with Gasteiger partial charge < -0.3 is 9.47 Å². The monoisotopic (exact) mass is 338 g/mol. The fourth-order valence-corrected chi connectivity index (χ4v) is 2.68. The molecule has 0 unspecified atom stereocenters. The summed E-state index contributed by atoms with van der Waals surface area (Å²) in [6, 6.07) is 9.22. The largest absolute Gasteiger partial charge is 0.461 e. The van der Waals surface area contributed by atoms with E-state index in [1.165, 1.54) is 0 Å². The van der Waals surface area contributed by atoms with Crippen molar-refractivity contribution in [3.8, 4) is 0 Å². The minimum atomic E-state index is -1.22. The number of halogens is 2. The lowest BCUT2D eigenvalue weighted by Crippen LogP contribution is -2.10. The number of hydrogen-bond acceptors (Lipinski definition) is 4. The van der Waals surface area contributed by atoms with Gasteiger partial charge in [-0.25, -0.2) is 9.18 Å². The van der Waals surface area contributed by atoms with Crippen LogP contribution in [0.15, 0.2) is 42.2 Å². The van der Waals surface area contributed by atoms with Gasteiger partial charge in [0.15, 0.2) is 0 Å². The first-order valence-corrected chi connectivity index (χ1v) is 7.69. The first-order chi connectivity index (χ1) is 11.4. The number of ether oxygens (including phenoxy) is 2. The molecule has 24 heavy (non-hydrogen) atoms. The predicted octanol–water partition coefficient (Wildman–Crippen LogP) is 3.37. The number of benzene rings is 1. The summed E-state index contributed by atoms with van der Waals surface area (Å²) in [7, 11) is 0. The summed E-state index contributed by atoms with van der Waals surface area (Å²) in [4.78, 5) is 23.5. The average molecular weight is 338 g/mol. The standard InChI is InChI=1S/C18H20F2O4/c1-18(2)13(10-14(20)16(21)23-9-8-19)15(18)17(22)24-11-12-6-4-3-5-7-12/h3-7,10,13,15H,8-9,11H2,1-2H3/t13-,15-/m0/s1. The number of hydrogen-bond donors (Lipinski definition) is 0. The summed E-state index contributed by atoms with van der Waals surface area (Å²) in [6.45, 7) is 2.37. The summed E-state index contributed by atoms with van der Waals surface area (Å²) in [5.74, 6) is -3.75. The lowest BCUT2D eigenvalue weighted by atomic mass is 10.1. The second kappa shape index (κ2) is 7.55. The number of rotatable bonds is 7. The Morgan fingerprint density at radius 3 is 2.50 bits per heavy atom. The number of esters is 2. The van der Waals surface area contributed by atoms with E-state index in [-0.39, 0.29) is 6.61 Å². The van der Waals surface area contributed by atoms with Crippen LogP contribution >= 0.6 is 0 Å². The van der Waals surface area contributed by atoms with Crippen molar-refractivity contribution in [2.45, 2.75) is 20.5 Å². The van der Waals surface area contributed by atoms with Crippen molar-refractivity contribution < 1.29 is 27.8 Å². The zero-order chi connectivity index (χ0) is 17.7. The molecule has 0 amide bonds. The highest BCUT2D eigenvalue weighted by molar-refractivity contribution is 5.86. The van der Waals surface area contributed by atoms with Crippen molar-refractivity contribution in [1.29, 1.82) is 0 Å². The summed E-state index contributed by atoms with van der Waals surface area (Å²) >= 11 is 0. The molecule has 0 bridgehead atoms. The van der Waals surface area contributed by atoms with Crippen LogP contribution in [0.3, 0.4) is 0 Å². The number of alkyl halides is 1. The molecule has 4 nitrogen and oxygen atoms in total. The summed E-state index contributed by atoms with van der Waals surface area (Å²) in [6.07, 6.45) is 1.06. The van der Waals surface area contributed by atoms with Crippen LogP contribution in [-0.4, -0.2) is 25.2 Å². The van der Waals surface area contributed by atoms with Gasteiger partial charge >= 0.3 is 11.9 Å². The van der Waals surface area contributed by atoms with Gasteiger partial charge in [0.05, 0.1) is 5.92 Å². The van der Waals surface area contributed by atoms with Gasteiger partial charge in [-0.3, -0.25) is 4.79 Å². The third-order valence-corrected chi connectivity index (χ3v) is 4.22. The molecule has 0 aromatic heterocycles. The molecular formula is C18H20F2O4. The molecule has 0 spiro atoms. The highest BCUT2D eigenvalue weighted by Gasteiger charge is 2.62. The Kier molecular flexibility index (Phi) is 5.70. The van der Waals surface area contributed by atoms with E-state index in [4.69, 9.17) is 4.74 Å². The van der Waals surface area contributed by atoms with Gasteiger partial charge in [0, 0.05) is 0 Å². The van der Waals surface area contributed by atoms with E-state index in [0.717, 1.165) is 11.6 Å². The Morgan fingerprint density at radius 2 is 1.88 bits per heavy atom. The molecule has 2 rings (SSSR count). The second-order valence-electron chi connectivity index (χ2n) is 6.26. The van der Waals surface area contributed by atoms with E-state index >= 15 is 0 Å². The maximum absolute atomic E-state index is 13.8. The van der Waals surface area contributed by atoms with Crippen molar-refractivity contribution in [3.63, 3.8) is 0 Å². The van der Waals surface area contributed by atoms with E-state index in [0.29, 0.717) is 0 Å². The highest BCUT2D eigenvalue weighted by atomic mass is 19.1. The van der Waals surface area contributed by atoms with Crippen LogP contribution < -0.4 is 0 Å². The van der Waals surface area contributed by atoms with Gasteiger partial charge in [-0.05, 0) is 23.0 Å². The highest BCUT2D eigenvalue weighted by Crippen LogP contribution is 2.60. The van der Waals surface area contributed by atoms with Crippen molar-refractivity contribution in [1.82, 2.24) is 0 Å². The molecule has 0 saturated heterocycles. The number of carbonyl (C=O) groups excluding carboxylic acids is 2. The maximum Gasteiger partial charge on any atom is 0.366 e. The minimum Gasteiger partial charge on any atom is -0.461 e. The van der Waals surface area contributed by atoms with E-state index in [1.807, 2.05) is 30.3 Å². The Labute approximate surface area is 139 Å². The van der Waals surface area contributed by atoms with Crippen molar-refractivity contribution >= 4 is 11.9 Å². The molecule has 1 aliphatic carbocycles. The Balaban J connectivity index is 1.93.